The van der Waals surface area contributed by atoms with Gasteiger partial charge in [-0.05, 0) is 18.2 Å². The molecule has 0 atom stereocenters. The molecule has 1 aromatic carbocycles. The number of hydrazine groups is 1. The zero-order chi connectivity index (χ0) is 12.4. The molecule has 4 N–H and O–H groups in total. The number of anilines is 1. The van der Waals surface area contributed by atoms with Gasteiger partial charge in [-0.15, -0.1) is 4.83 Å². The maximum absolute atomic E-state index is 10.9. The summed E-state index contributed by atoms with van der Waals surface area (Å²) in [6, 6.07) is 4.99. The van der Waals surface area contributed by atoms with E-state index in [4.69, 9.17) is 5.14 Å². The molecule has 0 heterocycles. The van der Waals surface area contributed by atoms with Gasteiger partial charge in [-0.25, -0.2) is 22.0 Å². The predicted octanol–water partition coefficient (Wildman–Crippen LogP) is -4.29. The fraction of sp³-hybridized carbons (Fsp3) is 0. The molecule has 1 aromatic rings. The van der Waals surface area contributed by atoms with Gasteiger partial charge in [0.05, 0.1) is 10.6 Å². The van der Waals surface area contributed by atoms with Crippen LogP contribution in [-0.4, -0.2) is 21.4 Å². The van der Waals surface area contributed by atoms with Crippen molar-refractivity contribution < 1.29 is 50.9 Å². The largest absolute Gasteiger partial charge is 1.00 e. The Hall–Kier alpha value is -0.200. The molecule has 0 bridgehead atoms. The Morgan fingerprint density at radius 1 is 1.18 bits per heavy atom. The quantitative estimate of drug-likeness (QED) is 0.291. The fourth-order valence-electron chi connectivity index (χ4n) is 0.872. The average molecular weight is 289 g/mol. The normalized spacial score (nSPS) is 11.6. The monoisotopic (exact) mass is 289 g/mol. The van der Waals surface area contributed by atoms with E-state index in [0.29, 0.717) is 0 Å². The number of primary sulfonamides is 1. The molecule has 0 aliphatic carbocycles. The standard InChI is InChI=1S/C6H9N3O5S2.Na/c7-15(10,11)6-3-1-2-5(4-6)8-9-16(12,13)14;/h1-4,8-9H,(H2,7,10,11)(H,12,13,14);/q;+1/p-1. The van der Waals surface area contributed by atoms with Crippen LogP contribution in [0.3, 0.4) is 0 Å². The molecular weight excluding hydrogens is 281 g/mol. The minimum atomic E-state index is -4.66. The predicted molar refractivity (Wildman–Crippen MR) is 54.3 cm³/mol. The van der Waals surface area contributed by atoms with E-state index in [1.807, 2.05) is 5.43 Å². The van der Waals surface area contributed by atoms with Gasteiger partial charge in [0.2, 0.25) is 10.0 Å². The number of sulfonamides is 1. The van der Waals surface area contributed by atoms with Crippen LogP contribution < -0.4 is 45.0 Å². The van der Waals surface area contributed by atoms with E-state index in [9.17, 15) is 21.4 Å². The third-order valence-corrected chi connectivity index (χ3v) is 2.75. The average Bonchev–Trinajstić information content (AvgIpc) is 2.13. The van der Waals surface area contributed by atoms with Crippen molar-refractivity contribution in [1.29, 1.82) is 0 Å². The van der Waals surface area contributed by atoms with Crippen molar-refractivity contribution in [2.24, 2.45) is 5.14 Å². The second-order valence-corrected chi connectivity index (χ2v) is 5.43. The summed E-state index contributed by atoms with van der Waals surface area (Å²) in [4.78, 5) is 1.24. The van der Waals surface area contributed by atoms with Crippen LogP contribution in [0.1, 0.15) is 0 Å². The van der Waals surface area contributed by atoms with E-state index in [2.05, 4.69) is 0 Å². The zero-order valence-electron chi connectivity index (χ0n) is 8.74. The Bertz CT molecular complexity index is 585. The Morgan fingerprint density at radius 2 is 1.76 bits per heavy atom. The summed E-state index contributed by atoms with van der Waals surface area (Å²) in [6.07, 6.45) is 0. The summed E-state index contributed by atoms with van der Waals surface area (Å²) in [7, 11) is -8.54. The van der Waals surface area contributed by atoms with Gasteiger partial charge in [0.1, 0.15) is 0 Å². The van der Waals surface area contributed by atoms with Gasteiger partial charge in [-0.3, -0.25) is 0 Å². The molecule has 17 heavy (non-hydrogen) atoms. The Morgan fingerprint density at radius 3 is 2.24 bits per heavy atom. The van der Waals surface area contributed by atoms with Crippen molar-refractivity contribution in [3.8, 4) is 0 Å². The van der Waals surface area contributed by atoms with Crippen LogP contribution in [0.15, 0.2) is 29.2 Å². The summed E-state index contributed by atoms with van der Waals surface area (Å²) >= 11 is 0. The van der Waals surface area contributed by atoms with Crippen molar-refractivity contribution in [1.82, 2.24) is 4.83 Å². The van der Waals surface area contributed by atoms with E-state index < -0.39 is 20.3 Å². The van der Waals surface area contributed by atoms with E-state index in [1.54, 1.807) is 0 Å². The van der Waals surface area contributed by atoms with E-state index in [-0.39, 0.29) is 40.1 Å². The summed E-state index contributed by atoms with van der Waals surface area (Å²) in [6.45, 7) is 0. The van der Waals surface area contributed by atoms with Crippen LogP contribution in [0.5, 0.6) is 0 Å². The topological polar surface area (TPSA) is 141 Å². The van der Waals surface area contributed by atoms with Gasteiger partial charge in [-0.1, -0.05) is 6.07 Å². The summed E-state index contributed by atoms with van der Waals surface area (Å²) < 4.78 is 52.5. The van der Waals surface area contributed by atoms with E-state index in [1.165, 1.54) is 23.0 Å². The van der Waals surface area contributed by atoms with E-state index >= 15 is 0 Å². The maximum atomic E-state index is 10.9. The third kappa shape index (κ3) is 6.33. The first kappa shape index (κ1) is 16.8. The second-order valence-electron chi connectivity index (χ2n) is 2.75. The molecule has 1 rings (SSSR count). The van der Waals surface area contributed by atoms with Gasteiger partial charge in [0.25, 0.3) is 0 Å². The first-order valence-corrected chi connectivity index (χ1v) is 6.75. The number of nitrogens with two attached hydrogens (primary N) is 1. The van der Waals surface area contributed by atoms with E-state index in [0.717, 1.165) is 6.07 Å². The Balaban J connectivity index is 0.00000256. The van der Waals surface area contributed by atoms with Crippen LogP contribution in [0.25, 0.3) is 0 Å². The molecule has 11 heteroatoms. The van der Waals surface area contributed by atoms with Gasteiger partial charge in [-0.2, -0.15) is 0 Å². The minimum Gasteiger partial charge on any atom is -0.734 e. The molecular formula is C6H8N3NaO5S2. The molecule has 0 saturated carbocycles. The van der Waals surface area contributed by atoms with Gasteiger partial charge < -0.3 is 9.98 Å². The van der Waals surface area contributed by atoms with Crippen molar-refractivity contribution in [2.45, 2.75) is 4.90 Å². The molecule has 8 nitrogen and oxygen atoms in total. The number of benzene rings is 1. The number of rotatable bonds is 4. The minimum absolute atomic E-state index is 0. The molecule has 0 aliphatic rings. The summed E-state index contributed by atoms with van der Waals surface area (Å²) in [5.74, 6) is 0. The molecule has 0 radical (unpaired) electrons. The fourth-order valence-corrected chi connectivity index (χ4v) is 1.67. The first-order chi connectivity index (χ1) is 7.18. The first-order valence-electron chi connectivity index (χ1n) is 3.80. The van der Waals surface area contributed by atoms with Crippen LogP contribution in [0, 0.1) is 0 Å². The Labute approximate surface area is 121 Å². The molecule has 0 aliphatic heterocycles. The van der Waals surface area contributed by atoms with Crippen LogP contribution in [0.4, 0.5) is 5.69 Å². The molecule has 0 fully saturated rings. The molecule has 0 spiro atoms. The zero-order valence-corrected chi connectivity index (χ0v) is 12.4. The maximum Gasteiger partial charge on any atom is 1.00 e. The SMILES string of the molecule is NS(=O)(=O)c1cccc(NNS(=O)(=O)[O-])c1.[Na+]. The van der Waals surface area contributed by atoms with Crippen molar-refractivity contribution in [2.75, 3.05) is 5.43 Å². The number of nitrogens with one attached hydrogen (secondary N) is 2. The van der Waals surface area contributed by atoms with Gasteiger partial charge in [0.15, 0.2) is 10.3 Å². The van der Waals surface area contributed by atoms with Gasteiger partial charge in [0, 0.05) is 0 Å². The second kappa shape index (κ2) is 6.11. The van der Waals surface area contributed by atoms with Crippen LogP contribution in [-0.2, 0) is 20.3 Å². The third-order valence-electron chi connectivity index (χ3n) is 1.48. The summed E-state index contributed by atoms with van der Waals surface area (Å²) in [5.41, 5.74) is 2.10. The molecule has 0 amide bonds. The van der Waals surface area contributed by atoms with Crippen molar-refractivity contribution in [3.05, 3.63) is 24.3 Å². The van der Waals surface area contributed by atoms with Crippen LogP contribution >= 0.6 is 0 Å². The molecule has 0 saturated heterocycles. The number of hydrogen-bond acceptors (Lipinski definition) is 6. The smallest absolute Gasteiger partial charge is 0.734 e. The number of hydrogen-bond donors (Lipinski definition) is 3. The van der Waals surface area contributed by atoms with Crippen molar-refractivity contribution in [3.63, 3.8) is 0 Å². The van der Waals surface area contributed by atoms with Gasteiger partial charge >= 0.3 is 29.6 Å². The molecule has 0 unspecified atom stereocenters. The molecule has 90 valence electrons. The Kier molecular flexibility index (Phi) is 6.04. The van der Waals surface area contributed by atoms with Crippen LogP contribution in [0.2, 0.25) is 0 Å². The molecule has 0 aromatic heterocycles. The summed E-state index contributed by atoms with van der Waals surface area (Å²) in [5, 5.41) is 4.85. The van der Waals surface area contributed by atoms with Crippen molar-refractivity contribution >= 4 is 26.0 Å².